The van der Waals surface area contributed by atoms with Crippen molar-refractivity contribution < 1.29 is 61.1 Å². The lowest BCUT2D eigenvalue weighted by molar-refractivity contribution is -0.0505. The van der Waals surface area contributed by atoms with Gasteiger partial charge in [-0.2, -0.15) is 43.2 Å². The van der Waals surface area contributed by atoms with Crippen LogP contribution in [-0.2, 0) is 20.2 Å². The van der Waals surface area contributed by atoms with Crippen LogP contribution >= 0.6 is 0 Å². The Labute approximate surface area is 163 Å². The third-order valence-electron chi connectivity index (χ3n) is 3.32. The fraction of sp³-hybridized carbons (Fsp3) is 0.143. The maximum atomic E-state index is 12.5. The molecule has 16 heteroatoms. The van der Waals surface area contributed by atoms with Crippen LogP contribution in [0.1, 0.15) is 20.7 Å². The topological polar surface area (TPSA) is 121 Å². The summed E-state index contributed by atoms with van der Waals surface area (Å²) in [5.41, 5.74) is -13.2. The zero-order valence-corrected chi connectivity index (χ0v) is 15.4. The Bertz CT molecular complexity index is 1130. The molecule has 0 aliphatic carbocycles. The van der Waals surface area contributed by atoms with Crippen LogP contribution in [0.4, 0.5) is 26.3 Å². The van der Waals surface area contributed by atoms with Gasteiger partial charge in [0, 0.05) is 0 Å². The van der Waals surface area contributed by atoms with Gasteiger partial charge >= 0.3 is 31.3 Å². The molecule has 164 valence electrons. The lowest BCUT2D eigenvalue weighted by atomic mass is 10.0. The minimum absolute atomic E-state index is 0.124. The third kappa shape index (κ3) is 4.48. The van der Waals surface area contributed by atoms with E-state index < -0.39 is 53.9 Å². The van der Waals surface area contributed by atoms with Gasteiger partial charge in [0.1, 0.15) is 0 Å². The predicted octanol–water partition coefficient (Wildman–Crippen LogP) is 2.92. The molecule has 2 rings (SSSR count). The van der Waals surface area contributed by atoms with Gasteiger partial charge in [0.15, 0.2) is 24.1 Å². The molecule has 0 saturated heterocycles. The summed E-state index contributed by atoms with van der Waals surface area (Å²) >= 11 is 0. The number of hydrogen-bond donors (Lipinski definition) is 0. The van der Waals surface area contributed by atoms with Gasteiger partial charge in [-0.25, -0.2) is 0 Å². The van der Waals surface area contributed by atoms with E-state index in [1.807, 2.05) is 0 Å². The van der Waals surface area contributed by atoms with Gasteiger partial charge in [-0.1, -0.05) is 0 Å². The summed E-state index contributed by atoms with van der Waals surface area (Å²) in [5, 5.41) is -0.571. The second kappa shape index (κ2) is 7.42. The minimum atomic E-state index is -6.17. The summed E-state index contributed by atoms with van der Waals surface area (Å²) in [4.78, 5) is 22.2. The molecule has 0 unspecified atom stereocenters. The Kier molecular flexibility index (Phi) is 5.79. The molecule has 0 heterocycles. The number of carbonyl (C=O) groups is 2. The Balaban J connectivity index is 2.67. The number of hydrogen-bond acceptors (Lipinski definition) is 8. The molecule has 0 atom stereocenters. The number of aldehydes is 2. The van der Waals surface area contributed by atoms with Gasteiger partial charge in [0.25, 0.3) is 0 Å². The monoisotopic (exact) mass is 480 g/mol. The molecule has 0 fully saturated rings. The first-order chi connectivity index (χ1) is 13.5. The second-order valence-corrected chi connectivity index (χ2v) is 8.40. The van der Waals surface area contributed by atoms with Crippen molar-refractivity contribution in [3.05, 3.63) is 35.4 Å². The van der Waals surface area contributed by atoms with E-state index in [-0.39, 0.29) is 23.3 Å². The fourth-order valence-corrected chi connectivity index (χ4v) is 2.95. The average molecular weight is 480 g/mol. The average Bonchev–Trinajstić information content (AvgIpc) is 2.58. The molecule has 0 radical (unpaired) electrons. The molecule has 0 amide bonds. The van der Waals surface area contributed by atoms with E-state index in [9.17, 15) is 52.8 Å². The third-order valence-corrected chi connectivity index (χ3v) is 5.25. The van der Waals surface area contributed by atoms with Crippen molar-refractivity contribution in [1.82, 2.24) is 0 Å². The number of carbonyl (C=O) groups excluding carboxylic acids is 2. The Morgan fingerprint density at radius 3 is 1.17 bits per heavy atom. The number of alkyl halides is 6. The number of halogens is 6. The lowest BCUT2D eigenvalue weighted by Crippen LogP contribution is -2.28. The van der Waals surface area contributed by atoms with Crippen molar-refractivity contribution >= 4 is 43.6 Å². The Hall–Kier alpha value is -2.88. The van der Waals surface area contributed by atoms with Crippen LogP contribution in [0.2, 0.25) is 0 Å². The van der Waals surface area contributed by atoms with Gasteiger partial charge in [-0.15, -0.1) is 0 Å². The van der Waals surface area contributed by atoms with E-state index in [2.05, 4.69) is 8.37 Å². The summed E-state index contributed by atoms with van der Waals surface area (Å²) in [6, 6.07) is 2.53. The molecule has 0 aliphatic rings. The van der Waals surface area contributed by atoms with Crippen molar-refractivity contribution in [2.75, 3.05) is 0 Å². The first kappa shape index (κ1) is 23.4. The van der Waals surface area contributed by atoms with Crippen LogP contribution in [0.25, 0.3) is 10.8 Å². The highest BCUT2D eigenvalue weighted by molar-refractivity contribution is 7.88. The van der Waals surface area contributed by atoms with Crippen molar-refractivity contribution in [3.63, 3.8) is 0 Å². The number of fused-ring (bicyclic) bond motifs is 1. The molecule has 0 N–H and O–H groups in total. The quantitative estimate of drug-likeness (QED) is 0.268. The maximum Gasteiger partial charge on any atom is 0.534 e. The standard InChI is InChI=1S/C14H6F6O8S2/c15-13(16,17)29(23,24)27-11-4-8-2-10(6-22)12(3-7(8)1-9(11)5-21)28-30(25,26)14(18,19)20/h1-6H. The zero-order chi connectivity index (χ0) is 23.1. The summed E-state index contributed by atoms with van der Waals surface area (Å²) in [6.07, 6.45) is -0.247. The molecular weight excluding hydrogens is 474 g/mol. The van der Waals surface area contributed by atoms with Gasteiger partial charge in [0.05, 0.1) is 11.1 Å². The Morgan fingerprint density at radius 1 is 0.633 bits per heavy atom. The summed E-state index contributed by atoms with van der Waals surface area (Å²) < 4.78 is 127. The molecular formula is C14H6F6O8S2. The molecule has 2 aromatic carbocycles. The summed E-state index contributed by atoms with van der Waals surface area (Å²) in [7, 11) is -12.3. The number of rotatable bonds is 6. The largest absolute Gasteiger partial charge is 0.534 e. The number of benzene rings is 2. The van der Waals surface area contributed by atoms with Crippen LogP contribution in [0.15, 0.2) is 24.3 Å². The molecule has 0 bridgehead atoms. The van der Waals surface area contributed by atoms with E-state index in [1.54, 1.807) is 0 Å². The summed E-state index contributed by atoms with van der Waals surface area (Å²) in [6.45, 7) is 0. The van der Waals surface area contributed by atoms with Crippen LogP contribution in [0.3, 0.4) is 0 Å². The van der Waals surface area contributed by atoms with Gasteiger partial charge in [-0.05, 0) is 35.0 Å². The highest BCUT2D eigenvalue weighted by atomic mass is 32.2. The van der Waals surface area contributed by atoms with Crippen LogP contribution in [-0.4, -0.2) is 40.4 Å². The van der Waals surface area contributed by atoms with E-state index in [1.165, 1.54) is 0 Å². The van der Waals surface area contributed by atoms with E-state index >= 15 is 0 Å². The molecule has 8 nitrogen and oxygen atoms in total. The van der Waals surface area contributed by atoms with Crippen LogP contribution in [0.5, 0.6) is 11.5 Å². The molecule has 0 saturated carbocycles. The van der Waals surface area contributed by atoms with Gasteiger partial charge < -0.3 is 8.37 Å². The van der Waals surface area contributed by atoms with Crippen LogP contribution < -0.4 is 8.37 Å². The van der Waals surface area contributed by atoms with Gasteiger partial charge in [0.2, 0.25) is 0 Å². The first-order valence-electron chi connectivity index (χ1n) is 7.06. The molecule has 0 aliphatic heterocycles. The highest BCUT2D eigenvalue weighted by Crippen LogP contribution is 2.35. The van der Waals surface area contributed by atoms with E-state index in [0.717, 1.165) is 0 Å². The zero-order valence-electron chi connectivity index (χ0n) is 13.8. The van der Waals surface area contributed by atoms with Crippen molar-refractivity contribution in [3.8, 4) is 11.5 Å². The smallest absolute Gasteiger partial charge is 0.375 e. The first-order valence-corrected chi connectivity index (χ1v) is 9.88. The predicted molar refractivity (Wildman–Crippen MR) is 85.9 cm³/mol. The van der Waals surface area contributed by atoms with Crippen molar-refractivity contribution in [2.45, 2.75) is 11.0 Å². The Morgan fingerprint density at radius 2 is 0.933 bits per heavy atom. The van der Waals surface area contributed by atoms with Crippen molar-refractivity contribution in [2.24, 2.45) is 0 Å². The lowest BCUT2D eigenvalue weighted by Gasteiger charge is -2.14. The minimum Gasteiger partial charge on any atom is -0.375 e. The normalized spacial score (nSPS) is 13.1. The summed E-state index contributed by atoms with van der Waals surface area (Å²) in [5.74, 6) is -2.19. The van der Waals surface area contributed by atoms with Gasteiger partial charge in [-0.3, -0.25) is 9.59 Å². The van der Waals surface area contributed by atoms with Crippen LogP contribution in [0, 0.1) is 0 Å². The SMILES string of the molecule is O=Cc1cc2cc(OS(=O)(=O)C(F)(F)F)c(C=O)cc2cc1OS(=O)(=O)C(F)(F)F. The molecule has 2 aromatic rings. The molecule has 30 heavy (non-hydrogen) atoms. The highest BCUT2D eigenvalue weighted by Gasteiger charge is 2.49. The van der Waals surface area contributed by atoms with Crippen molar-refractivity contribution in [1.29, 1.82) is 0 Å². The second-order valence-electron chi connectivity index (χ2n) is 5.33. The van der Waals surface area contributed by atoms with E-state index in [0.29, 0.717) is 24.3 Å². The van der Waals surface area contributed by atoms with E-state index in [4.69, 9.17) is 0 Å². The molecule has 0 aromatic heterocycles. The fourth-order valence-electron chi connectivity index (χ4n) is 2.00. The molecule has 0 spiro atoms. The maximum absolute atomic E-state index is 12.5.